The summed E-state index contributed by atoms with van der Waals surface area (Å²) in [4.78, 5) is 0.834. The Bertz CT molecular complexity index is 1190. The maximum absolute atomic E-state index is 14.8. The number of nitrogens with zero attached hydrogens (tertiary/aromatic N) is 4. The van der Waals surface area contributed by atoms with E-state index in [9.17, 15) is 27.2 Å². The molecule has 0 aliphatic heterocycles. The first kappa shape index (κ1) is 22.7. The first-order valence-electron chi connectivity index (χ1n) is 10.2. The summed E-state index contributed by atoms with van der Waals surface area (Å²) in [5.41, 5.74) is 0.607. The number of halogens is 5. The Morgan fingerprint density at radius 2 is 1.85 bits per heavy atom. The van der Waals surface area contributed by atoms with Gasteiger partial charge in [0.1, 0.15) is 6.54 Å². The van der Waals surface area contributed by atoms with Crippen LogP contribution in [-0.2, 0) is 12.5 Å². The third kappa shape index (κ3) is 5.13. The lowest BCUT2D eigenvalue weighted by molar-refractivity contribution is -0.120. The fraction of sp³-hybridized carbons (Fsp3) is 0.348. The monoisotopic (exact) mass is 462 g/mol. The second kappa shape index (κ2) is 8.46. The highest BCUT2D eigenvalue weighted by atomic mass is 19.4. The summed E-state index contributed by atoms with van der Waals surface area (Å²) < 4.78 is 75.1. The van der Waals surface area contributed by atoms with Gasteiger partial charge in [0.05, 0.1) is 18.2 Å². The standard InChI is InChI=1S/C23H19F5N4O/c1-14-3-2-4-15(9-14)21-31-30-20(33-21)12-32(13-22(24,25)26)18-8-5-16(11-29)19(10-18)23(27,28)17-6-7-17/h2-5,8-10,17H,6-7,12-13H2,1H3. The zero-order valence-corrected chi connectivity index (χ0v) is 17.5. The Balaban J connectivity index is 1.67. The van der Waals surface area contributed by atoms with Crippen LogP contribution in [0.1, 0.15) is 35.4 Å². The molecule has 0 spiro atoms. The van der Waals surface area contributed by atoms with Crippen LogP contribution in [0.2, 0.25) is 0 Å². The predicted molar refractivity (Wildman–Crippen MR) is 109 cm³/mol. The van der Waals surface area contributed by atoms with Crippen LogP contribution in [0, 0.1) is 24.2 Å². The summed E-state index contributed by atoms with van der Waals surface area (Å²) in [5.74, 6) is -4.17. The normalized spacial score (nSPS) is 14.2. The van der Waals surface area contributed by atoms with Gasteiger partial charge in [-0.15, -0.1) is 10.2 Å². The molecule has 5 nitrogen and oxygen atoms in total. The first-order chi connectivity index (χ1) is 15.6. The fourth-order valence-electron chi connectivity index (χ4n) is 3.60. The zero-order valence-electron chi connectivity index (χ0n) is 17.5. The van der Waals surface area contributed by atoms with Crippen molar-refractivity contribution in [3.63, 3.8) is 0 Å². The van der Waals surface area contributed by atoms with E-state index in [1.807, 2.05) is 13.0 Å². The number of aromatic nitrogens is 2. The molecule has 0 radical (unpaired) electrons. The molecule has 4 rings (SSSR count). The molecular weight excluding hydrogens is 443 g/mol. The highest BCUT2D eigenvalue weighted by Gasteiger charge is 2.49. The molecular formula is C23H19F5N4O. The minimum atomic E-state index is -4.62. The van der Waals surface area contributed by atoms with Gasteiger partial charge in [0, 0.05) is 22.7 Å². The second-order valence-corrected chi connectivity index (χ2v) is 8.08. The molecule has 3 aromatic rings. The van der Waals surface area contributed by atoms with E-state index in [0.29, 0.717) is 18.4 Å². The number of aryl methyl sites for hydroxylation is 1. The van der Waals surface area contributed by atoms with Crippen LogP contribution >= 0.6 is 0 Å². The third-order valence-corrected chi connectivity index (χ3v) is 5.37. The molecule has 2 aromatic carbocycles. The van der Waals surface area contributed by atoms with Crippen molar-refractivity contribution >= 4 is 5.69 Å². The summed E-state index contributed by atoms with van der Waals surface area (Å²) in [7, 11) is 0. The molecule has 0 N–H and O–H groups in total. The van der Waals surface area contributed by atoms with Crippen LogP contribution < -0.4 is 4.90 Å². The predicted octanol–water partition coefficient (Wildman–Crippen LogP) is 5.99. The van der Waals surface area contributed by atoms with Crippen LogP contribution in [0.15, 0.2) is 46.9 Å². The van der Waals surface area contributed by atoms with Gasteiger partial charge in [-0.1, -0.05) is 17.7 Å². The minimum Gasteiger partial charge on any atom is -0.419 e. The number of hydrogen-bond acceptors (Lipinski definition) is 5. The van der Waals surface area contributed by atoms with Crippen molar-refractivity contribution in [2.45, 2.75) is 38.4 Å². The average molecular weight is 462 g/mol. The maximum atomic E-state index is 14.8. The molecule has 172 valence electrons. The highest BCUT2D eigenvalue weighted by molar-refractivity contribution is 5.56. The summed E-state index contributed by atoms with van der Waals surface area (Å²) >= 11 is 0. The number of benzene rings is 2. The largest absolute Gasteiger partial charge is 0.419 e. The Morgan fingerprint density at radius 1 is 1.09 bits per heavy atom. The van der Waals surface area contributed by atoms with Gasteiger partial charge in [-0.25, -0.2) is 8.78 Å². The summed E-state index contributed by atoms with van der Waals surface area (Å²) in [6.07, 6.45) is -4.01. The molecule has 0 amide bonds. The molecule has 1 aliphatic rings. The molecule has 1 aliphatic carbocycles. The van der Waals surface area contributed by atoms with Gasteiger partial charge in [0.15, 0.2) is 0 Å². The molecule has 0 unspecified atom stereocenters. The fourth-order valence-corrected chi connectivity index (χ4v) is 3.60. The Hall–Kier alpha value is -3.48. The van der Waals surface area contributed by atoms with Crippen molar-refractivity contribution in [1.82, 2.24) is 10.2 Å². The van der Waals surface area contributed by atoms with Crippen molar-refractivity contribution < 1.29 is 26.4 Å². The van der Waals surface area contributed by atoms with Crippen LogP contribution in [0.3, 0.4) is 0 Å². The summed E-state index contributed by atoms with van der Waals surface area (Å²) in [6, 6.07) is 12.2. The van der Waals surface area contributed by atoms with E-state index in [2.05, 4.69) is 10.2 Å². The van der Waals surface area contributed by atoms with Crippen molar-refractivity contribution in [3.8, 4) is 17.5 Å². The van der Waals surface area contributed by atoms with Gasteiger partial charge in [0.2, 0.25) is 11.8 Å². The lowest BCUT2D eigenvalue weighted by atomic mass is 9.97. The molecule has 1 heterocycles. The molecule has 0 bridgehead atoms. The maximum Gasteiger partial charge on any atom is 0.405 e. The van der Waals surface area contributed by atoms with Crippen molar-refractivity contribution in [3.05, 3.63) is 65.0 Å². The van der Waals surface area contributed by atoms with Gasteiger partial charge >= 0.3 is 6.18 Å². The van der Waals surface area contributed by atoms with Crippen LogP contribution in [0.25, 0.3) is 11.5 Å². The summed E-state index contributed by atoms with van der Waals surface area (Å²) in [5, 5.41) is 17.0. The van der Waals surface area contributed by atoms with E-state index in [4.69, 9.17) is 4.42 Å². The molecule has 0 saturated heterocycles. The number of rotatable bonds is 7. The number of nitriles is 1. The smallest absolute Gasteiger partial charge is 0.405 e. The topological polar surface area (TPSA) is 66.0 Å². The molecule has 33 heavy (non-hydrogen) atoms. The van der Waals surface area contributed by atoms with Crippen molar-refractivity contribution in [1.29, 1.82) is 5.26 Å². The van der Waals surface area contributed by atoms with E-state index in [0.717, 1.165) is 22.6 Å². The Labute approximate surface area is 186 Å². The van der Waals surface area contributed by atoms with E-state index >= 15 is 0 Å². The number of alkyl halides is 5. The lowest BCUT2D eigenvalue weighted by Crippen LogP contribution is -2.34. The van der Waals surface area contributed by atoms with E-state index in [-0.39, 0.29) is 23.0 Å². The molecule has 0 atom stereocenters. The highest BCUT2D eigenvalue weighted by Crippen LogP contribution is 2.51. The van der Waals surface area contributed by atoms with Crippen molar-refractivity contribution in [2.24, 2.45) is 5.92 Å². The average Bonchev–Trinajstić information content (AvgIpc) is 3.52. The van der Waals surface area contributed by atoms with Gasteiger partial charge in [-0.3, -0.25) is 0 Å². The Morgan fingerprint density at radius 3 is 2.48 bits per heavy atom. The van der Waals surface area contributed by atoms with Gasteiger partial charge in [-0.2, -0.15) is 18.4 Å². The molecule has 10 heteroatoms. The lowest BCUT2D eigenvalue weighted by Gasteiger charge is -2.26. The first-order valence-corrected chi connectivity index (χ1v) is 10.2. The molecule has 1 aromatic heterocycles. The zero-order chi connectivity index (χ0) is 23.8. The van der Waals surface area contributed by atoms with Gasteiger partial charge in [0.25, 0.3) is 5.92 Å². The Kier molecular flexibility index (Phi) is 5.82. The van der Waals surface area contributed by atoms with Crippen LogP contribution in [0.4, 0.5) is 27.6 Å². The van der Waals surface area contributed by atoms with Crippen molar-refractivity contribution in [2.75, 3.05) is 11.4 Å². The number of anilines is 1. The van der Waals surface area contributed by atoms with E-state index < -0.39 is 36.7 Å². The van der Waals surface area contributed by atoms with Gasteiger partial charge in [-0.05, 0) is 50.1 Å². The van der Waals surface area contributed by atoms with Crippen LogP contribution in [-0.4, -0.2) is 22.9 Å². The minimum absolute atomic E-state index is 0.101. The number of hydrogen-bond donors (Lipinski definition) is 0. The SMILES string of the molecule is Cc1cccc(-c2nnc(CN(CC(F)(F)F)c3ccc(C#N)c(C(F)(F)C4CC4)c3)o2)c1. The van der Waals surface area contributed by atoms with E-state index in [1.54, 1.807) is 24.3 Å². The molecule has 1 saturated carbocycles. The van der Waals surface area contributed by atoms with E-state index in [1.165, 1.54) is 6.07 Å². The molecule has 1 fully saturated rings. The summed E-state index contributed by atoms with van der Waals surface area (Å²) in [6.45, 7) is -0.0000883. The third-order valence-electron chi connectivity index (χ3n) is 5.37. The quantitative estimate of drug-likeness (QED) is 0.404. The van der Waals surface area contributed by atoms with Crippen LogP contribution in [0.5, 0.6) is 0 Å². The van der Waals surface area contributed by atoms with Gasteiger partial charge < -0.3 is 9.32 Å². The second-order valence-electron chi connectivity index (χ2n) is 8.08.